The van der Waals surface area contributed by atoms with Crippen molar-refractivity contribution in [2.24, 2.45) is 4.99 Å². The molecule has 5 rings (SSSR count). The highest BCUT2D eigenvalue weighted by Gasteiger charge is 2.26. The maximum absolute atomic E-state index is 6.29. The number of nitrogens with zero attached hydrogens (tertiary/aromatic N) is 3. The van der Waals surface area contributed by atoms with Gasteiger partial charge in [-0.25, -0.2) is 9.67 Å². The topological polar surface area (TPSA) is 30.2 Å². The summed E-state index contributed by atoms with van der Waals surface area (Å²) in [6, 6.07) is 23.7. The molecule has 0 saturated heterocycles. The molecule has 3 nitrogen and oxygen atoms in total. The fraction of sp³-hybridized carbons (Fsp3) is 0.0435. The summed E-state index contributed by atoms with van der Waals surface area (Å²) < 4.78 is 1.98. The van der Waals surface area contributed by atoms with Crippen LogP contribution in [0.3, 0.4) is 0 Å². The summed E-state index contributed by atoms with van der Waals surface area (Å²) in [6.07, 6.45) is 0. The number of benzene rings is 3. The minimum absolute atomic E-state index is 0.686. The van der Waals surface area contributed by atoms with Crippen molar-refractivity contribution in [3.63, 3.8) is 0 Å². The van der Waals surface area contributed by atoms with Gasteiger partial charge in [0, 0.05) is 20.5 Å². The van der Waals surface area contributed by atoms with Crippen molar-refractivity contribution in [1.82, 2.24) is 9.78 Å². The quantitative estimate of drug-likeness (QED) is 0.295. The molecule has 3 aromatic carbocycles. The molecule has 2 heterocycles. The average Bonchev–Trinajstić information content (AvgIpc) is 2.95. The number of fused-ring (bicyclic) bond motifs is 2. The van der Waals surface area contributed by atoms with Crippen LogP contribution >= 0.6 is 35.0 Å². The van der Waals surface area contributed by atoms with E-state index in [9.17, 15) is 0 Å². The SMILES string of the molecule is Cc1nn(-c2ccccc2)c2c1C(c1ccc(Cl)cc1)=Nc1ccc(Cl)cc1S2. The van der Waals surface area contributed by atoms with Crippen LogP contribution in [0.1, 0.15) is 16.8 Å². The smallest absolute Gasteiger partial charge is 0.114 e. The number of aromatic nitrogens is 2. The molecule has 0 radical (unpaired) electrons. The van der Waals surface area contributed by atoms with Crippen LogP contribution in [0.2, 0.25) is 10.0 Å². The van der Waals surface area contributed by atoms with Crippen LogP contribution in [0.15, 0.2) is 87.7 Å². The van der Waals surface area contributed by atoms with Crippen LogP contribution in [0, 0.1) is 6.92 Å². The summed E-state index contributed by atoms with van der Waals surface area (Å²) in [7, 11) is 0. The molecule has 6 heteroatoms. The van der Waals surface area contributed by atoms with Gasteiger partial charge < -0.3 is 0 Å². The van der Waals surface area contributed by atoms with E-state index in [0.717, 1.165) is 43.8 Å². The number of halogens is 2. The van der Waals surface area contributed by atoms with Crippen molar-refractivity contribution < 1.29 is 0 Å². The summed E-state index contributed by atoms with van der Waals surface area (Å²) >= 11 is 14.0. The Balaban J connectivity index is 1.80. The summed E-state index contributed by atoms with van der Waals surface area (Å²) in [4.78, 5) is 6.03. The van der Waals surface area contributed by atoms with Crippen LogP contribution in [-0.4, -0.2) is 15.5 Å². The molecule has 142 valence electrons. The molecule has 0 saturated carbocycles. The zero-order valence-corrected chi connectivity index (χ0v) is 17.8. The van der Waals surface area contributed by atoms with E-state index in [-0.39, 0.29) is 0 Å². The van der Waals surface area contributed by atoms with E-state index < -0.39 is 0 Å². The largest absolute Gasteiger partial charge is 0.246 e. The van der Waals surface area contributed by atoms with Crippen molar-refractivity contribution in [2.45, 2.75) is 16.8 Å². The lowest BCUT2D eigenvalue weighted by atomic mass is 10.0. The summed E-state index contributed by atoms with van der Waals surface area (Å²) in [6.45, 7) is 2.02. The Morgan fingerprint density at radius 1 is 0.862 bits per heavy atom. The maximum Gasteiger partial charge on any atom is 0.114 e. The molecular formula is C23H15Cl2N3S. The van der Waals surface area contributed by atoms with Gasteiger partial charge in [0.15, 0.2) is 0 Å². The summed E-state index contributed by atoms with van der Waals surface area (Å²) in [5.74, 6) is 0. The Morgan fingerprint density at radius 2 is 1.59 bits per heavy atom. The maximum atomic E-state index is 6.29. The van der Waals surface area contributed by atoms with Crippen LogP contribution in [0.5, 0.6) is 0 Å². The fourth-order valence-corrected chi connectivity index (χ4v) is 4.93. The van der Waals surface area contributed by atoms with Crippen molar-refractivity contribution in [3.05, 3.63) is 99.7 Å². The van der Waals surface area contributed by atoms with Crippen LogP contribution in [0.4, 0.5) is 5.69 Å². The van der Waals surface area contributed by atoms with E-state index in [1.165, 1.54) is 0 Å². The zero-order valence-electron chi connectivity index (χ0n) is 15.4. The molecule has 29 heavy (non-hydrogen) atoms. The monoisotopic (exact) mass is 435 g/mol. The molecule has 0 unspecified atom stereocenters. The predicted octanol–water partition coefficient (Wildman–Crippen LogP) is 7.12. The first kappa shape index (κ1) is 18.5. The molecule has 0 aliphatic carbocycles. The van der Waals surface area contributed by atoms with Crippen LogP contribution < -0.4 is 0 Å². The molecule has 1 aromatic heterocycles. The van der Waals surface area contributed by atoms with E-state index in [0.29, 0.717) is 10.0 Å². The molecular weight excluding hydrogens is 421 g/mol. The van der Waals surface area contributed by atoms with Gasteiger partial charge in [-0.05, 0) is 49.4 Å². The Morgan fingerprint density at radius 3 is 2.34 bits per heavy atom. The second kappa shape index (κ2) is 7.38. The number of hydrogen-bond donors (Lipinski definition) is 0. The summed E-state index contributed by atoms with van der Waals surface area (Å²) in [5, 5.41) is 7.25. The van der Waals surface area contributed by atoms with E-state index in [4.69, 9.17) is 33.3 Å². The van der Waals surface area contributed by atoms with E-state index in [1.54, 1.807) is 11.8 Å². The lowest BCUT2D eigenvalue weighted by molar-refractivity contribution is 0.793. The number of aliphatic imine (C=N–C) groups is 1. The second-order valence-electron chi connectivity index (χ2n) is 6.69. The lowest BCUT2D eigenvalue weighted by Crippen LogP contribution is -2.05. The van der Waals surface area contributed by atoms with Crippen molar-refractivity contribution in [2.75, 3.05) is 0 Å². The van der Waals surface area contributed by atoms with Gasteiger partial charge in [-0.15, -0.1) is 0 Å². The van der Waals surface area contributed by atoms with E-state index >= 15 is 0 Å². The van der Waals surface area contributed by atoms with Gasteiger partial charge in [-0.1, -0.05) is 65.3 Å². The van der Waals surface area contributed by atoms with E-state index in [2.05, 4.69) is 12.1 Å². The molecule has 0 fully saturated rings. The molecule has 0 amide bonds. The molecule has 0 atom stereocenters. The normalized spacial score (nSPS) is 12.7. The van der Waals surface area contributed by atoms with Gasteiger partial charge in [0.2, 0.25) is 0 Å². The van der Waals surface area contributed by atoms with Crippen LogP contribution in [0.25, 0.3) is 5.69 Å². The Hall–Kier alpha value is -2.53. The third-order valence-electron chi connectivity index (χ3n) is 4.73. The minimum Gasteiger partial charge on any atom is -0.246 e. The first-order chi connectivity index (χ1) is 14.1. The number of hydrogen-bond acceptors (Lipinski definition) is 3. The molecule has 0 bridgehead atoms. The standard InChI is InChI=1S/C23H15Cl2N3S/c1-14-21-22(15-7-9-16(24)10-8-15)26-19-12-11-17(25)13-20(19)29-23(21)28(27-14)18-5-3-2-4-6-18/h2-13H,1H3. The number of para-hydroxylation sites is 1. The third-order valence-corrected chi connectivity index (χ3v) is 6.34. The van der Waals surface area contributed by atoms with Crippen molar-refractivity contribution in [3.8, 4) is 5.69 Å². The first-order valence-electron chi connectivity index (χ1n) is 9.07. The lowest BCUT2D eigenvalue weighted by Gasteiger charge is -2.09. The molecule has 0 N–H and O–H groups in total. The number of rotatable bonds is 2. The van der Waals surface area contributed by atoms with Crippen molar-refractivity contribution >= 4 is 46.4 Å². The molecule has 0 spiro atoms. The van der Waals surface area contributed by atoms with Gasteiger partial charge in [-0.3, -0.25) is 0 Å². The summed E-state index contributed by atoms with van der Waals surface area (Å²) in [5.41, 5.74) is 5.71. The third kappa shape index (κ3) is 3.38. The average molecular weight is 436 g/mol. The van der Waals surface area contributed by atoms with Gasteiger partial charge in [0.05, 0.1) is 28.3 Å². The highest BCUT2D eigenvalue weighted by molar-refractivity contribution is 7.99. The number of aryl methyl sites for hydroxylation is 1. The highest BCUT2D eigenvalue weighted by Crippen LogP contribution is 2.44. The Bertz CT molecular complexity index is 1250. The molecule has 4 aromatic rings. The zero-order chi connectivity index (χ0) is 20.0. The van der Waals surface area contributed by atoms with Crippen LogP contribution in [-0.2, 0) is 0 Å². The minimum atomic E-state index is 0.686. The van der Waals surface area contributed by atoms with Gasteiger partial charge in [0.1, 0.15) is 5.03 Å². The Labute approximate surface area is 183 Å². The molecule has 1 aliphatic rings. The molecule has 1 aliphatic heterocycles. The Kier molecular flexibility index (Phi) is 4.70. The highest BCUT2D eigenvalue weighted by atomic mass is 35.5. The van der Waals surface area contributed by atoms with Gasteiger partial charge in [0.25, 0.3) is 0 Å². The van der Waals surface area contributed by atoms with Gasteiger partial charge in [-0.2, -0.15) is 5.10 Å². The first-order valence-corrected chi connectivity index (χ1v) is 10.6. The fourth-order valence-electron chi connectivity index (χ4n) is 3.38. The van der Waals surface area contributed by atoms with Crippen molar-refractivity contribution in [1.29, 1.82) is 0 Å². The van der Waals surface area contributed by atoms with E-state index in [1.807, 2.05) is 72.3 Å². The van der Waals surface area contributed by atoms with Gasteiger partial charge >= 0.3 is 0 Å². The second-order valence-corrected chi connectivity index (χ2v) is 8.60. The predicted molar refractivity (Wildman–Crippen MR) is 121 cm³/mol.